The standard InChI is InChI=1S/C31H38F4N4O3/c1-4-38-15-13-27(25(32)18-38)37-26-9-6-10-29-24(26)17-23(39(29)20-31(33,34)35)8-7-14-36-28-12-11-22(16-30(28)40-3)19-42-21-41-5-2/h6,9-12,16-17,25,27,36-37H,4-5,13-15,18-21H2,1-3H3/t25-,27+/m0/s1. The molecular formula is C31H38F4N4O3. The molecule has 1 aromatic heterocycles. The van der Waals surface area contributed by atoms with Gasteiger partial charge in [-0.1, -0.05) is 25.0 Å². The number of nitrogens with zero attached hydrogens (tertiary/aromatic N) is 2. The van der Waals surface area contributed by atoms with Crippen LogP contribution >= 0.6 is 0 Å². The topological polar surface area (TPSA) is 59.9 Å². The van der Waals surface area contributed by atoms with Crippen LogP contribution in [0.3, 0.4) is 0 Å². The molecule has 2 N–H and O–H groups in total. The largest absolute Gasteiger partial charge is 0.495 e. The fraction of sp³-hybridized carbons (Fsp3) is 0.484. The first-order valence-electron chi connectivity index (χ1n) is 14.1. The number of hydrogen-bond acceptors (Lipinski definition) is 6. The number of ether oxygens (including phenoxy) is 3. The molecule has 1 aliphatic rings. The van der Waals surface area contributed by atoms with Gasteiger partial charge in [0.05, 0.1) is 43.2 Å². The molecule has 7 nitrogen and oxygen atoms in total. The zero-order valence-corrected chi connectivity index (χ0v) is 24.2. The average Bonchev–Trinajstić information content (AvgIpc) is 3.31. The van der Waals surface area contributed by atoms with E-state index in [0.717, 1.165) is 23.2 Å². The maximum atomic E-state index is 14.9. The van der Waals surface area contributed by atoms with Crippen molar-refractivity contribution >= 4 is 22.3 Å². The Labute approximate surface area is 244 Å². The van der Waals surface area contributed by atoms with Crippen molar-refractivity contribution in [1.29, 1.82) is 0 Å². The molecule has 11 heteroatoms. The zero-order valence-electron chi connectivity index (χ0n) is 24.2. The lowest BCUT2D eigenvalue weighted by Gasteiger charge is -2.35. The number of alkyl halides is 4. The Balaban J connectivity index is 1.52. The van der Waals surface area contributed by atoms with E-state index < -0.39 is 24.9 Å². The number of piperidine rings is 1. The number of hydrogen-bond donors (Lipinski definition) is 2. The number of methoxy groups -OCH3 is 1. The number of likely N-dealkylation sites (tertiary alicyclic amines) is 1. The summed E-state index contributed by atoms with van der Waals surface area (Å²) in [5, 5.41) is 7.00. The summed E-state index contributed by atoms with van der Waals surface area (Å²) >= 11 is 0. The minimum Gasteiger partial charge on any atom is -0.495 e. The van der Waals surface area contributed by atoms with Gasteiger partial charge in [0.1, 0.15) is 25.3 Å². The summed E-state index contributed by atoms with van der Waals surface area (Å²) in [5.41, 5.74) is 2.81. The maximum Gasteiger partial charge on any atom is 0.406 e. The maximum absolute atomic E-state index is 14.9. The number of fused-ring (bicyclic) bond motifs is 1. The van der Waals surface area contributed by atoms with Crippen LogP contribution in [0.4, 0.5) is 28.9 Å². The molecule has 0 unspecified atom stereocenters. The van der Waals surface area contributed by atoms with Crippen molar-refractivity contribution in [2.75, 3.05) is 57.3 Å². The first kappa shape index (κ1) is 31.5. The highest BCUT2D eigenvalue weighted by Gasteiger charge is 2.31. The Hall–Kier alpha value is -3.46. The third kappa shape index (κ3) is 8.31. The van der Waals surface area contributed by atoms with E-state index >= 15 is 0 Å². The predicted molar refractivity (Wildman–Crippen MR) is 157 cm³/mol. The summed E-state index contributed by atoms with van der Waals surface area (Å²) in [6.45, 7) is 5.88. The molecule has 4 rings (SSSR count). The number of rotatable bonds is 12. The van der Waals surface area contributed by atoms with Gasteiger partial charge in [0.25, 0.3) is 0 Å². The van der Waals surface area contributed by atoms with Crippen molar-refractivity contribution in [1.82, 2.24) is 9.47 Å². The van der Waals surface area contributed by atoms with Crippen LogP contribution in [-0.2, 0) is 22.6 Å². The number of nitrogens with one attached hydrogen (secondary N) is 2. The van der Waals surface area contributed by atoms with Gasteiger partial charge >= 0.3 is 6.18 Å². The van der Waals surface area contributed by atoms with E-state index in [1.54, 1.807) is 31.4 Å². The lowest BCUT2D eigenvalue weighted by Crippen LogP contribution is -2.47. The predicted octanol–water partition coefficient (Wildman–Crippen LogP) is 6.03. The first-order chi connectivity index (χ1) is 20.2. The second-order valence-electron chi connectivity index (χ2n) is 10.1. The monoisotopic (exact) mass is 590 g/mol. The molecule has 0 radical (unpaired) electrons. The number of benzene rings is 2. The van der Waals surface area contributed by atoms with Gasteiger partial charge in [-0.15, -0.1) is 0 Å². The van der Waals surface area contributed by atoms with Crippen LogP contribution in [0.15, 0.2) is 42.5 Å². The molecule has 0 spiro atoms. The Kier molecular flexibility index (Phi) is 11.0. The highest BCUT2D eigenvalue weighted by Crippen LogP contribution is 2.32. The molecule has 42 heavy (non-hydrogen) atoms. The fourth-order valence-electron chi connectivity index (χ4n) is 5.03. The van der Waals surface area contributed by atoms with Gasteiger partial charge in [-0.05, 0) is 61.7 Å². The number of anilines is 2. The number of halogens is 4. The quantitative estimate of drug-likeness (QED) is 0.116. The van der Waals surface area contributed by atoms with Crippen LogP contribution in [0.2, 0.25) is 0 Å². The number of aromatic nitrogens is 1. The lowest BCUT2D eigenvalue weighted by atomic mass is 10.0. The van der Waals surface area contributed by atoms with Crippen molar-refractivity contribution in [2.24, 2.45) is 0 Å². The van der Waals surface area contributed by atoms with Gasteiger partial charge in [0.2, 0.25) is 0 Å². The molecule has 1 fully saturated rings. The summed E-state index contributed by atoms with van der Waals surface area (Å²) in [6, 6.07) is 11.9. The summed E-state index contributed by atoms with van der Waals surface area (Å²) in [4.78, 5) is 2.05. The average molecular weight is 591 g/mol. The highest BCUT2D eigenvalue weighted by molar-refractivity contribution is 5.94. The molecule has 2 atom stereocenters. The van der Waals surface area contributed by atoms with E-state index in [0.29, 0.717) is 54.2 Å². The van der Waals surface area contributed by atoms with Gasteiger partial charge in [0, 0.05) is 30.8 Å². The van der Waals surface area contributed by atoms with Crippen LogP contribution in [0, 0.1) is 11.8 Å². The van der Waals surface area contributed by atoms with Crippen molar-refractivity contribution in [3.8, 4) is 17.6 Å². The summed E-state index contributed by atoms with van der Waals surface area (Å²) < 4.78 is 72.9. The minimum atomic E-state index is -4.44. The molecule has 2 aromatic carbocycles. The van der Waals surface area contributed by atoms with Crippen molar-refractivity contribution in [2.45, 2.75) is 51.8 Å². The SMILES string of the molecule is CCOCOCc1ccc(NCC#Cc2cc3c(N[C@@H]4CCN(CC)C[C@@H]4F)cccc3n2CC(F)(F)F)c(OC)c1. The molecule has 0 saturated carbocycles. The third-order valence-corrected chi connectivity index (χ3v) is 7.19. The Morgan fingerprint density at radius 1 is 1.07 bits per heavy atom. The zero-order chi connectivity index (χ0) is 30.1. The van der Waals surface area contributed by atoms with E-state index in [4.69, 9.17) is 14.2 Å². The summed E-state index contributed by atoms with van der Waals surface area (Å²) in [5.74, 6) is 6.43. The molecule has 0 bridgehead atoms. The van der Waals surface area contributed by atoms with E-state index in [-0.39, 0.29) is 19.0 Å². The molecule has 0 amide bonds. The molecule has 3 aromatic rings. The van der Waals surface area contributed by atoms with Gasteiger partial charge < -0.3 is 34.3 Å². The van der Waals surface area contributed by atoms with Crippen LogP contribution in [-0.4, -0.2) is 74.5 Å². The van der Waals surface area contributed by atoms with Crippen LogP contribution in [0.5, 0.6) is 5.75 Å². The Morgan fingerprint density at radius 3 is 2.62 bits per heavy atom. The Morgan fingerprint density at radius 2 is 1.90 bits per heavy atom. The minimum absolute atomic E-state index is 0.175. The van der Waals surface area contributed by atoms with E-state index in [1.807, 2.05) is 36.9 Å². The van der Waals surface area contributed by atoms with Crippen LogP contribution in [0.25, 0.3) is 10.9 Å². The van der Waals surface area contributed by atoms with Gasteiger partial charge in [-0.2, -0.15) is 13.2 Å². The van der Waals surface area contributed by atoms with Crippen LogP contribution < -0.4 is 15.4 Å². The van der Waals surface area contributed by atoms with Gasteiger partial charge in [-0.3, -0.25) is 0 Å². The van der Waals surface area contributed by atoms with Crippen molar-refractivity contribution in [3.63, 3.8) is 0 Å². The second-order valence-corrected chi connectivity index (χ2v) is 10.1. The van der Waals surface area contributed by atoms with Crippen molar-refractivity contribution in [3.05, 3.63) is 53.7 Å². The van der Waals surface area contributed by atoms with E-state index in [1.165, 1.54) is 0 Å². The summed E-state index contributed by atoms with van der Waals surface area (Å²) in [7, 11) is 1.55. The summed E-state index contributed by atoms with van der Waals surface area (Å²) in [6.07, 6.45) is -4.91. The molecule has 0 aliphatic carbocycles. The molecule has 2 heterocycles. The third-order valence-electron chi connectivity index (χ3n) is 7.19. The molecule has 228 valence electrons. The molecule has 1 saturated heterocycles. The smallest absolute Gasteiger partial charge is 0.406 e. The van der Waals surface area contributed by atoms with E-state index in [9.17, 15) is 17.6 Å². The fourth-order valence-corrected chi connectivity index (χ4v) is 5.03. The first-order valence-corrected chi connectivity index (χ1v) is 14.1. The highest BCUT2D eigenvalue weighted by atomic mass is 19.4. The van der Waals surface area contributed by atoms with Crippen molar-refractivity contribution < 1.29 is 31.8 Å². The Bertz CT molecular complexity index is 1380. The normalized spacial score (nSPS) is 17.6. The molecule has 1 aliphatic heterocycles. The van der Waals surface area contributed by atoms with Gasteiger partial charge in [-0.25, -0.2) is 4.39 Å². The second kappa shape index (κ2) is 14.6. The van der Waals surface area contributed by atoms with E-state index in [2.05, 4.69) is 22.5 Å². The van der Waals surface area contributed by atoms with Crippen LogP contribution in [0.1, 0.15) is 31.5 Å². The lowest BCUT2D eigenvalue weighted by molar-refractivity contribution is -0.140. The van der Waals surface area contributed by atoms with Gasteiger partial charge in [0.15, 0.2) is 0 Å². The molecular weight excluding hydrogens is 552 g/mol.